The molecular formula is C14H24N2O3. The number of hydrogen-bond acceptors (Lipinski definition) is 5. The molecule has 3 fully saturated rings. The van der Waals surface area contributed by atoms with Crippen LogP contribution in [0.2, 0.25) is 0 Å². The lowest BCUT2D eigenvalue weighted by molar-refractivity contribution is -0.168. The van der Waals surface area contributed by atoms with E-state index in [1.165, 1.54) is 0 Å². The van der Waals surface area contributed by atoms with Crippen LogP contribution in [0.25, 0.3) is 0 Å². The maximum absolute atomic E-state index is 12.4. The van der Waals surface area contributed by atoms with Gasteiger partial charge in [0.05, 0.1) is 18.8 Å². The molecule has 0 aromatic heterocycles. The SMILES string of the molecule is CC(C)(C)OC(=O)C1(N2CCNC3(COC3)C2)CC1. The molecule has 2 aliphatic heterocycles. The van der Waals surface area contributed by atoms with Crippen LogP contribution in [0.3, 0.4) is 0 Å². The second kappa shape index (κ2) is 4.17. The van der Waals surface area contributed by atoms with Crippen LogP contribution in [0.5, 0.6) is 0 Å². The Balaban J connectivity index is 1.68. The van der Waals surface area contributed by atoms with Crippen LogP contribution in [0.1, 0.15) is 33.6 Å². The molecule has 0 radical (unpaired) electrons. The van der Waals surface area contributed by atoms with E-state index in [0.29, 0.717) is 0 Å². The largest absolute Gasteiger partial charge is 0.459 e. The quantitative estimate of drug-likeness (QED) is 0.741. The van der Waals surface area contributed by atoms with Crippen molar-refractivity contribution in [2.45, 2.75) is 50.3 Å². The average molecular weight is 268 g/mol. The normalized spacial score (nSPS) is 28.8. The van der Waals surface area contributed by atoms with Crippen molar-refractivity contribution in [3.05, 3.63) is 0 Å². The number of piperazine rings is 1. The Bertz CT molecular complexity index is 381. The fourth-order valence-electron chi connectivity index (χ4n) is 3.00. The minimum absolute atomic E-state index is 0.0442. The second-order valence-corrected chi connectivity index (χ2v) is 7.15. The van der Waals surface area contributed by atoms with E-state index in [-0.39, 0.29) is 17.0 Å². The van der Waals surface area contributed by atoms with Crippen LogP contribution in [0.4, 0.5) is 0 Å². The number of esters is 1. The average Bonchev–Trinajstić information content (AvgIpc) is 3.06. The lowest BCUT2D eigenvalue weighted by atomic mass is 9.93. The van der Waals surface area contributed by atoms with E-state index in [2.05, 4.69) is 10.2 Å². The molecule has 19 heavy (non-hydrogen) atoms. The van der Waals surface area contributed by atoms with Gasteiger partial charge in [-0.2, -0.15) is 0 Å². The van der Waals surface area contributed by atoms with Crippen molar-refractivity contribution in [3.8, 4) is 0 Å². The Kier molecular flexibility index (Phi) is 2.93. The zero-order valence-corrected chi connectivity index (χ0v) is 12.1. The van der Waals surface area contributed by atoms with Gasteiger partial charge in [0, 0.05) is 19.6 Å². The molecule has 0 amide bonds. The van der Waals surface area contributed by atoms with E-state index in [1.807, 2.05) is 20.8 Å². The molecular weight excluding hydrogens is 244 g/mol. The first-order valence-electron chi connectivity index (χ1n) is 7.17. The van der Waals surface area contributed by atoms with Crippen molar-refractivity contribution in [2.24, 2.45) is 0 Å². The molecule has 2 heterocycles. The smallest absolute Gasteiger partial charge is 0.327 e. The molecule has 1 spiro atoms. The minimum atomic E-state index is -0.405. The molecule has 3 aliphatic rings. The molecule has 2 saturated heterocycles. The van der Waals surface area contributed by atoms with E-state index in [0.717, 1.165) is 45.7 Å². The molecule has 0 aromatic rings. The molecule has 1 aliphatic carbocycles. The third-order valence-corrected chi connectivity index (χ3v) is 4.24. The Morgan fingerprint density at radius 1 is 1.32 bits per heavy atom. The van der Waals surface area contributed by atoms with Crippen molar-refractivity contribution in [2.75, 3.05) is 32.8 Å². The molecule has 3 rings (SSSR count). The standard InChI is InChI=1S/C14H24N2O3/c1-12(2,3)19-11(17)14(4-5-14)16-7-6-15-13(8-16)9-18-10-13/h15H,4-10H2,1-3H3. The van der Waals surface area contributed by atoms with Gasteiger partial charge in [-0.25, -0.2) is 0 Å². The van der Waals surface area contributed by atoms with E-state index < -0.39 is 5.60 Å². The van der Waals surface area contributed by atoms with Crippen LogP contribution >= 0.6 is 0 Å². The van der Waals surface area contributed by atoms with Crippen molar-refractivity contribution in [1.29, 1.82) is 0 Å². The van der Waals surface area contributed by atoms with Crippen molar-refractivity contribution < 1.29 is 14.3 Å². The third-order valence-electron chi connectivity index (χ3n) is 4.24. The summed E-state index contributed by atoms with van der Waals surface area (Å²) in [6.45, 7) is 10.0. The maximum Gasteiger partial charge on any atom is 0.327 e. The molecule has 1 N–H and O–H groups in total. The number of nitrogens with one attached hydrogen (secondary N) is 1. The van der Waals surface area contributed by atoms with E-state index in [1.54, 1.807) is 0 Å². The highest BCUT2D eigenvalue weighted by molar-refractivity contribution is 5.84. The molecule has 5 heteroatoms. The van der Waals surface area contributed by atoms with Crippen LogP contribution in [-0.2, 0) is 14.3 Å². The van der Waals surface area contributed by atoms with Crippen LogP contribution < -0.4 is 5.32 Å². The highest BCUT2D eigenvalue weighted by Crippen LogP contribution is 2.45. The van der Waals surface area contributed by atoms with Gasteiger partial charge in [0.25, 0.3) is 0 Å². The van der Waals surface area contributed by atoms with Gasteiger partial charge < -0.3 is 14.8 Å². The number of rotatable bonds is 2. The maximum atomic E-state index is 12.4. The molecule has 0 unspecified atom stereocenters. The fourth-order valence-corrected chi connectivity index (χ4v) is 3.00. The van der Waals surface area contributed by atoms with E-state index in [4.69, 9.17) is 9.47 Å². The van der Waals surface area contributed by atoms with Crippen molar-refractivity contribution >= 4 is 5.97 Å². The predicted octanol–water partition coefficient (Wildman–Crippen LogP) is 0.535. The third kappa shape index (κ3) is 2.39. The Morgan fingerprint density at radius 2 is 2.00 bits per heavy atom. The van der Waals surface area contributed by atoms with Gasteiger partial charge in [0.15, 0.2) is 0 Å². The summed E-state index contributed by atoms with van der Waals surface area (Å²) in [5.41, 5.74) is -0.675. The second-order valence-electron chi connectivity index (χ2n) is 7.15. The number of nitrogens with zero attached hydrogens (tertiary/aromatic N) is 1. The molecule has 0 bridgehead atoms. The van der Waals surface area contributed by atoms with Crippen molar-refractivity contribution in [3.63, 3.8) is 0 Å². The lowest BCUT2D eigenvalue weighted by Crippen LogP contribution is -2.72. The predicted molar refractivity (Wildman–Crippen MR) is 70.9 cm³/mol. The topological polar surface area (TPSA) is 50.8 Å². The van der Waals surface area contributed by atoms with Gasteiger partial charge in [0.1, 0.15) is 11.1 Å². The molecule has 108 valence electrons. The molecule has 0 aromatic carbocycles. The van der Waals surface area contributed by atoms with Crippen LogP contribution in [0.15, 0.2) is 0 Å². The van der Waals surface area contributed by atoms with E-state index >= 15 is 0 Å². The summed E-state index contributed by atoms with van der Waals surface area (Å²) in [7, 11) is 0. The van der Waals surface area contributed by atoms with Crippen LogP contribution in [-0.4, -0.2) is 60.4 Å². The van der Waals surface area contributed by atoms with Gasteiger partial charge in [0.2, 0.25) is 0 Å². The fraction of sp³-hybridized carbons (Fsp3) is 0.929. The van der Waals surface area contributed by atoms with Gasteiger partial charge in [-0.05, 0) is 33.6 Å². The Morgan fingerprint density at radius 3 is 2.47 bits per heavy atom. The number of ether oxygens (including phenoxy) is 2. The zero-order valence-electron chi connectivity index (χ0n) is 12.1. The first-order chi connectivity index (χ1) is 8.85. The molecule has 0 atom stereocenters. The Labute approximate surface area is 114 Å². The summed E-state index contributed by atoms with van der Waals surface area (Å²) < 4.78 is 10.9. The summed E-state index contributed by atoms with van der Waals surface area (Å²) in [4.78, 5) is 14.8. The summed E-state index contributed by atoms with van der Waals surface area (Å²) in [6.07, 6.45) is 1.86. The first-order valence-corrected chi connectivity index (χ1v) is 7.17. The lowest BCUT2D eigenvalue weighted by Gasteiger charge is -2.50. The molecule has 5 nitrogen and oxygen atoms in total. The number of hydrogen-bond donors (Lipinski definition) is 1. The van der Waals surface area contributed by atoms with Crippen LogP contribution in [0, 0.1) is 0 Å². The number of carbonyl (C=O) groups is 1. The first kappa shape index (κ1) is 13.3. The van der Waals surface area contributed by atoms with Gasteiger partial charge in [-0.3, -0.25) is 9.69 Å². The minimum Gasteiger partial charge on any atom is -0.459 e. The highest BCUT2D eigenvalue weighted by Gasteiger charge is 2.59. The van der Waals surface area contributed by atoms with Gasteiger partial charge in [-0.15, -0.1) is 0 Å². The van der Waals surface area contributed by atoms with E-state index in [9.17, 15) is 4.79 Å². The van der Waals surface area contributed by atoms with Gasteiger partial charge >= 0.3 is 5.97 Å². The summed E-state index contributed by atoms with van der Waals surface area (Å²) in [5.74, 6) is -0.0442. The van der Waals surface area contributed by atoms with Gasteiger partial charge in [-0.1, -0.05) is 0 Å². The molecule has 1 saturated carbocycles. The zero-order chi connectivity index (χ0) is 13.7. The Hall–Kier alpha value is -0.650. The monoisotopic (exact) mass is 268 g/mol. The van der Waals surface area contributed by atoms with Crippen molar-refractivity contribution in [1.82, 2.24) is 10.2 Å². The number of carbonyl (C=O) groups excluding carboxylic acids is 1. The summed E-state index contributed by atoms with van der Waals surface area (Å²) >= 11 is 0. The summed E-state index contributed by atoms with van der Waals surface area (Å²) in [5, 5.41) is 3.53. The highest BCUT2D eigenvalue weighted by atomic mass is 16.6. The summed E-state index contributed by atoms with van der Waals surface area (Å²) in [6, 6.07) is 0.